The second-order valence-electron chi connectivity index (χ2n) is 5.45. The van der Waals surface area contributed by atoms with Gasteiger partial charge >= 0.3 is 0 Å². The molecular weight excluding hydrogens is 362 g/mol. The average molecular weight is 379 g/mol. The summed E-state index contributed by atoms with van der Waals surface area (Å²) in [6.45, 7) is 0.941. The summed E-state index contributed by atoms with van der Waals surface area (Å²) in [5, 5.41) is 15.1. The molecule has 0 aliphatic carbocycles. The van der Waals surface area contributed by atoms with Gasteiger partial charge in [0.05, 0.1) is 35.7 Å². The molecule has 1 aliphatic heterocycles. The molecule has 10 nitrogen and oxygen atoms in total. The molecule has 1 aromatic carbocycles. The SMILES string of the molecule is O=[N+]([O-])c1ccc(N/N=C/c2ccc[nH]2)c(S(=O)(=O)N2CCOCC2)c1. The monoisotopic (exact) mass is 379 g/mol. The third-order valence-electron chi connectivity index (χ3n) is 3.77. The number of morpholine rings is 1. The molecule has 0 atom stereocenters. The van der Waals surface area contributed by atoms with Gasteiger partial charge < -0.3 is 9.72 Å². The number of nitrogens with one attached hydrogen (secondary N) is 2. The van der Waals surface area contributed by atoms with Crippen molar-refractivity contribution in [3.63, 3.8) is 0 Å². The molecule has 138 valence electrons. The largest absolute Gasteiger partial charge is 0.379 e. The number of hydrogen-bond acceptors (Lipinski definition) is 7. The highest BCUT2D eigenvalue weighted by molar-refractivity contribution is 7.89. The van der Waals surface area contributed by atoms with Crippen molar-refractivity contribution in [1.29, 1.82) is 0 Å². The minimum Gasteiger partial charge on any atom is -0.379 e. The van der Waals surface area contributed by atoms with Crippen LogP contribution in [0.25, 0.3) is 0 Å². The van der Waals surface area contributed by atoms with Crippen molar-refractivity contribution in [3.8, 4) is 0 Å². The molecule has 26 heavy (non-hydrogen) atoms. The van der Waals surface area contributed by atoms with Gasteiger partial charge in [-0.2, -0.15) is 9.41 Å². The molecule has 2 heterocycles. The summed E-state index contributed by atoms with van der Waals surface area (Å²) < 4.78 is 32.3. The maximum Gasteiger partial charge on any atom is 0.270 e. The Morgan fingerprint density at radius 2 is 2.08 bits per heavy atom. The normalized spacial score (nSPS) is 16.0. The Labute approximate surface area is 149 Å². The minimum atomic E-state index is -3.93. The first-order chi connectivity index (χ1) is 12.5. The van der Waals surface area contributed by atoms with Gasteiger partial charge in [-0.3, -0.25) is 15.5 Å². The number of aromatic nitrogens is 1. The minimum absolute atomic E-state index is 0.157. The van der Waals surface area contributed by atoms with E-state index in [2.05, 4.69) is 15.5 Å². The molecule has 3 rings (SSSR count). The summed E-state index contributed by atoms with van der Waals surface area (Å²) in [5.74, 6) is 0. The van der Waals surface area contributed by atoms with Crippen LogP contribution in [0.1, 0.15) is 5.69 Å². The number of nitro groups is 1. The molecule has 1 aliphatic rings. The molecule has 1 saturated heterocycles. The lowest BCUT2D eigenvalue weighted by Crippen LogP contribution is -2.40. The smallest absolute Gasteiger partial charge is 0.270 e. The van der Waals surface area contributed by atoms with E-state index in [1.807, 2.05) is 0 Å². The summed E-state index contributed by atoms with van der Waals surface area (Å²) in [6.07, 6.45) is 3.20. The van der Waals surface area contributed by atoms with Crippen LogP contribution in [-0.2, 0) is 14.8 Å². The Morgan fingerprint density at radius 1 is 1.31 bits per heavy atom. The first kappa shape index (κ1) is 18.0. The summed E-state index contributed by atoms with van der Waals surface area (Å²) in [4.78, 5) is 13.2. The van der Waals surface area contributed by atoms with Crippen molar-refractivity contribution in [3.05, 3.63) is 52.3 Å². The van der Waals surface area contributed by atoms with Gasteiger partial charge in [0.2, 0.25) is 10.0 Å². The lowest BCUT2D eigenvalue weighted by atomic mass is 10.3. The van der Waals surface area contributed by atoms with Crippen LogP contribution in [0, 0.1) is 10.1 Å². The topological polar surface area (TPSA) is 130 Å². The molecule has 1 aromatic heterocycles. The second-order valence-corrected chi connectivity index (χ2v) is 7.36. The lowest BCUT2D eigenvalue weighted by Gasteiger charge is -2.26. The highest BCUT2D eigenvalue weighted by Crippen LogP contribution is 2.29. The Kier molecular flexibility index (Phi) is 5.30. The molecule has 0 spiro atoms. The van der Waals surface area contributed by atoms with E-state index in [0.29, 0.717) is 0 Å². The molecule has 0 radical (unpaired) electrons. The van der Waals surface area contributed by atoms with Gasteiger partial charge in [0.15, 0.2) is 0 Å². The number of anilines is 1. The van der Waals surface area contributed by atoms with E-state index in [-0.39, 0.29) is 42.6 Å². The van der Waals surface area contributed by atoms with Crippen LogP contribution in [0.5, 0.6) is 0 Å². The van der Waals surface area contributed by atoms with E-state index in [9.17, 15) is 18.5 Å². The fourth-order valence-corrected chi connectivity index (χ4v) is 4.02. The third-order valence-corrected chi connectivity index (χ3v) is 5.71. The average Bonchev–Trinajstić information content (AvgIpc) is 3.16. The summed E-state index contributed by atoms with van der Waals surface area (Å²) >= 11 is 0. The molecule has 0 amide bonds. The highest BCUT2D eigenvalue weighted by atomic mass is 32.2. The Balaban J connectivity index is 1.94. The Hall–Kier alpha value is -2.76. The molecule has 1 fully saturated rings. The number of hydrazone groups is 1. The molecular formula is C15H17N5O5S. The number of non-ortho nitro benzene ring substituents is 1. The van der Waals surface area contributed by atoms with E-state index in [1.54, 1.807) is 18.3 Å². The van der Waals surface area contributed by atoms with Crippen molar-refractivity contribution >= 4 is 27.6 Å². The van der Waals surface area contributed by atoms with Gasteiger partial charge in [-0.15, -0.1) is 0 Å². The number of ether oxygens (including phenoxy) is 1. The molecule has 0 bridgehead atoms. The first-order valence-corrected chi connectivity index (χ1v) is 9.21. The summed E-state index contributed by atoms with van der Waals surface area (Å²) in [6, 6.07) is 7.17. The Morgan fingerprint density at radius 3 is 2.73 bits per heavy atom. The zero-order valence-corrected chi connectivity index (χ0v) is 14.5. The number of nitrogens with zero attached hydrogens (tertiary/aromatic N) is 3. The number of benzene rings is 1. The molecule has 2 aromatic rings. The van der Waals surface area contributed by atoms with E-state index in [0.717, 1.165) is 11.8 Å². The van der Waals surface area contributed by atoms with E-state index >= 15 is 0 Å². The van der Waals surface area contributed by atoms with Gasteiger partial charge in [0, 0.05) is 31.4 Å². The maximum absolute atomic E-state index is 12.9. The lowest BCUT2D eigenvalue weighted by molar-refractivity contribution is -0.385. The van der Waals surface area contributed by atoms with E-state index < -0.39 is 14.9 Å². The zero-order chi connectivity index (χ0) is 18.6. The van der Waals surface area contributed by atoms with Crippen molar-refractivity contribution in [1.82, 2.24) is 9.29 Å². The standard InChI is InChI=1S/C15H17N5O5S/c21-20(22)13-3-4-14(18-17-11-12-2-1-5-16-12)15(10-13)26(23,24)19-6-8-25-9-7-19/h1-5,10-11,16,18H,6-9H2/b17-11+. The van der Waals surface area contributed by atoms with Crippen LogP contribution in [0.3, 0.4) is 0 Å². The fraction of sp³-hybridized carbons (Fsp3) is 0.267. The predicted molar refractivity (Wildman–Crippen MR) is 94.7 cm³/mol. The molecule has 2 N–H and O–H groups in total. The number of aromatic amines is 1. The number of sulfonamides is 1. The zero-order valence-electron chi connectivity index (χ0n) is 13.7. The predicted octanol–water partition coefficient (Wildman–Crippen LogP) is 1.39. The molecule has 11 heteroatoms. The van der Waals surface area contributed by atoms with Crippen LogP contribution in [0.2, 0.25) is 0 Å². The highest BCUT2D eigenvalue weighted by Gasteiger charge is 2.30. The van der Waals surface area contributed by atoms with Gasteiger partial charge in [-0.1, -0.05) is 0 Å². The van der Waals surface area contributed by atoms with Crippen LogP contribution in [-0.4, -0.2) is 55.1 Å². The van der Waals surface area contributed by atoms with Crippen LogP contribution >= 0.6 is 0 Å². The van der Waals surface area contributed by atoms with Crippen molar-refractivity contribution < 1.29 is 18.1 Å². The van der Waals surface area contributed by atoms with Crippen LogP contribution < -0.4 is 5.43 Å². The van der Waals surface area contributed by atoms with Crippen molar-refractivity contribution in [2.24, 2.45) is 5.10 Å². The van der Waals surface area contributed by atoms with Crippen LogP contribution in [0.4, 0.5) is 11.4 Å². The Bertz CT molecular complexity index is 905. The van der Waals surface area contributed by atoms with Crippen LogP contribution in [0.15, 0.2) is 46.5 Å². The summed E-state index contributed by atoms with van der Waals surface area (Å²) in [7, 11) is -3.93. The quantitative estimate of drug-likeness (QED) is 0.443. The first-order valence-electron chi connectivity index (χ1n) is 7.77. The van der Waals surface area contributed by atoms with Crippen molar-refractivity contribution in [2.45, 2.75) is 4.90 Å². The molecule has 0 unspecified atom stereocenters. The second kappa shape index (κ2) is 7.64. The van der Waals surface area contributed by atoms with Gasteiger partial charge in [-0.25, -0.2) is 8.42 Å². The van der Waals surface area contributed by atoms with E-state index in [1.165, 1.54) is 22.7 Å². The number of hydrogen-bond donors (Lipinski definition) is 2. The fourth-order valence-electron chi connectivity index (χ4n) is 2.45. The number of nitro benzene ring substituents is 1. The number of rotatable bonds is 6. The number of H-pyrrole nitrogens is 1. The van der Waals surface area contributed by atoms with Gasteiger partial charge in [0.1, 0.15) is 4.90 Å². The third kappa shape index (κ3) is 3.90. The summed E-state index contributed by atoms with van der Waals surface area (Å²) in [5.41, 5.74) is 3.22. The molecule has 0 saturated carbocycles. The van der Waals surface area contributed by atoms with E-state index in [4.69, 9.17) is 4.74 Å². The van der Waals surface area contributed by atoms with Crippen molar-refractivity contribution in [2.75, 3.05) is 31.7 Å². The van der Waals surface area contributed by atoms with Gasteiger partial charge in [0.25, 0.3) is 5.69 Å². The maximum atomic E-state index is 12.9. The van der Waals surface area contributed by atoms with Gasteiger partial charge in [-0.05, 0) is 18.2 Å².